The highest BCUT2D eigenvalue weighted by atomic mass is 16.2. The van der Waals surface area contributed by atoms with E-state index in [4.69, 9.17) is 0 Å². The summed E-state index contributed by atoms with van der Waals surface area (Å²) in [6.07, 6.45) is 6.75. The zero-order valence-electron chi connectivity index (χ0n) is 20.4. The monoisotopic (exact) mass is 429 g/mol. The molecule has 0 radical (unpaired) electrons. The van der Waals surface area contributed by atoms with Gasteiger partial charge in [0.15, 0.2) is 0 Å². The Balaban J connectivity index is 1.76. The van der Waals surface area contributed by atoms with Gasteiger partial charge in [-0.15, -0.1) is 0 Å². The number of carbonyl (C=O) groups excluding carboxylic acids is 2. The molecule has 1 N–H and O–H groups in total. The van der Waals surface area contributed by atoms with Crippen molar-refractivity contribution in [3.8, 4) is 0 Å². The Bertz CT molecular complexity index is 686. The molecule has 0 bridgehead atoms. The van der Waals surface area contributed by atoms with Crippen LogP contribution >= 0.6 is 0 Å². The van der Waals surface area contributed by atoms with Crippen LogP contribution in [0.1, 0.15) is 79.6 Å². The molecule has 174 valence electrons. The molecule has 0 saturated carbocycles. The summed E-state index contributed by atoms with van der Waals surface area (Å²) in [6, 6.07) is 8.08. The largest absolute Gasteiger partial charge is 0.368 e. The van der Waals surface area contributed by atoms with E-state index >= 15 is 0 Å². The molecular weight excluding hydrogens is 386 g/mol. The van der Waals surface area contributed by atoms with Gasteiger partial charge in [-0.1, -0.05) is 53.9 Å². The number of nitrogens with one attached hydrogen (secondary N) is 1. The lowest BCUT2D eigenvalue weighted by molar-refractivity contribution is -0.132. The van der Waals surface area contributed by atoms with Crippen molar-refractivity contribution in [2.45, 2.75) is 79.6 Å². The van der Waals surface area contributed by atoms with E-state index in [1.54, 1.807) is 0 Å². The number of benzene rings is 1. The molecule has 0 aromatic heterocycles. The van der Waals surface area contributed by atoms with Crippen molar-refractivity contribution in [1.29, 1.82) is 0 Å². The van der Waals surface area contributed by atoms with Gasteiger partial charge in [-0.2, -0.15) is 0 Å². The van der Waals surface area contributed by atoms with Gasteiger partial charge in [0.2, 0.25) is 11.8 Å². The third kappa shape index (κ3) is 9.32. The van der Waals surface area contributed by atoms with Crippen LogP contribution in [0.25, 0.3) is 0 Å². The van der Waals surface area contributed by atoms with Gasteiger partial charge in [-0.25, -0.2) is 0 Å². The predicted molar refractivity (Wildman–Crippen MR) is 130 cm³/mol. The highest BCUT2D eigenvalue weighted by Crippen LogP contribution is 2.27. The third-order valence-corrected chi connectivity index (χ3v) is 5.89. The van der Waals surface area contributed by atoms with Crippen LogP contribution in [0, 0.1) is 11.3 Å². The van der Waals surface area contributed by atoms with Crippen LogP contribution in [0.2, 0.25) is 0 Å². The molecule has 1 saturated heterocycles. The topological polar surface area (TPSA) is 52.7 Å². The SMILES string of the molecule is CCCCCCC(=O)Nc1ccc(N2CCN(C(=O)CC(C)CC(C)(C)C)CC2)cc1. The molecule has 5 nitrogen and oxygen atoms in total. The van der Waals surface area contributed by atoms with Gasteiger partial charge in [-0.3, -0.25) is 9.59 Å². The van der Waals surface area contributed by atoms with Crippen LogP contribution in [0.3, 0.4) is 0 Å². The molecule has 1 atom stereocenters. The summed E-state index contributed by atoms with van der Waals surface area (Å²) in [4.78, 5) is 29.1. The fourth-order valence-corrected chi connectivity index (χ4v) is 4.45. The summed E-state index contributed by atoms with van der Waals surface area (Å²) in [7, 11) is 0. The van der Waals surface area contributed by atoms with Crippen LogP contribution < -0.4 is 10.2 Å². The first-order chi connectivity index (χ1) is 14.7. The lowest BCUT2D eigenvalue weighted by atomic mass is 9.84. The second kappa shape index (κ2) is 12.1. The first-order valence-electron chi connectivity index (χ1n) is 12.1. The number of amides is 2. The molecule has 1 aliphatic rings. The summed E-state index contributed by atoms with van der Waals surface area (Å²) in [6.45, 7) is 14.3. The minimum Gasteiger partial charge on any atom is -0.368 e. The molecule has 1 aliphatic heterocycles. The second-order valence-corrected chi connectivity index (χ2v) is 10.3. The molecule has 1 aromatic rings. The number of unbranched alkanes of at least 4 members (excludes halogenated alkanes) is 3. The molecular formula is C26H43N3O2. The Morgan fingerprint density at radius 2 is 1.65 bits per heavy atom. The quantitative estimate of drug-likeness (QED) is 0.485. The second-order valence-electron chi connectivity index (χ2n) is 10.3. The number of piperazine rings is 1. The Labute approximate surface area is 189 Å². The molecule has 0 spiro atoms. The van der Waals surface area contributed by atoms with Gasteiger partial charge in [-0.05, 0) is 48.4 Å². The summed E-state index contributed by atoms with van der Waals surface area (Å²) in [5.41, 5.74) is 2.26. The number of anilines is 2. The molecule has 31 heavy (non-hydrogen) atoms. The minimum absolute atomic E-state index is 0.0941. The maximum absolute atomic E-state index is 12.7. The van der Waals surface area contributed by atoms with Crippen LogP contribution in [-0.4, -0.2) is 42.9 Å². The molecule has 0 aliphatic carbocycles. The highest BCUT2D eigenvalue weighted by Gasteiger charge is 2.24. The van der Waals surface area contributed by atoms with E-state index in [1.807, 2.05) is 17.0 Å². The van der Waals surface area contributed by atoms with Crippen molar-refractivity contribution in [1.82, 2.24) is 4.90 Å². The van der Waals surface area contributed by atoms with E-state index in [0.717, 1.165) is 56.8 Å². The van der Waals surface area contributed by atoms with E-state index in [2.05, 4.69) is 57.0 Å². The van der Waals surface area contributed by atoms with Crippen molar-refractivity contribution in [3.63, 3.8) is 0 Å². The van der Waals surface area contributed by atoms with Crippen LogP contribution in [0.15, 0.2) is 24.3 Å². The molecule has 5 heteroatoms. The summed E-state index contributed by atoms with van der Waals surface area (Å²) < 4.78 is 0. The molecule has 1 aromatic carbocycles. The predicted octanol–water partition coefficient (Wildman–Crippen LogP) is 5.71. The van der Waals surface area contributed by atoms with Crippen molar-refractivity contribution in [2.75, 3.05) is 36.4 Å². The lowest BCUT2D eigenvalue weighted by Gasteiger charge is -2.37. The van der Waals surface area contributed by atoms with Gasteiger partial charge in [0, 0.05) is 50.4 Å². The van der Waals surface area contributed by atoms with Gasteiger partial charge in [0.25, 0.3) is 0 Å². The molecule has 2 amide bonds. The maximum Gasteiger partial charge on any atom is 0.224 e. The van der Waals surface area contributed by atoms with Crippen molar-refractivity contribution >= 4 is 23.2 Å². The van der Waals surface area contributed by atoms with E-state index in [0.29, 0.717) is 18.8 Å². The summed E-state index contributed by atoms with van der Waals surface area (Å²) >= 11 is 0. The zero-order chi connectivity index (χ0) is 22.9. The van der Waals surface area contributed by atoms with E-state index < -0.39 is 0 Å². The average Bonchev–Trinajstić information content (AvgIpc) is 2.70. The van der Waals surface area contributed by atoms with Gasteiger partial charge >= 0.3 is 0 Å². The maximum atomic E-state index is 12.7. The highest BCUT2D eigenvalue weighted by molar-refractivity contribution is 5.90. The molecule has 2 rings (SSSR count). The first-order valence-corrected chi connectivity index (χ1v) is 12.1. The van der Waals surface area contributed by atoms with Crippen molar-refractivity contribution in [2.24, 2.45) is 11.3 Å². The Hall–Kier alpha value is -2.04. The number of rotatable bonds is 10. The molecule has 1 heterocycles. The number of carbonyl (C=O) groups is 2. The van der Waals surface area contributed by atoms with E-state index in [-0.39, 0.29) is 17.2 Å². The summed E-state index contributed by atoms with van der Waals surface area (Å²) in [5, 5.41) is 2.99. The average molecular weight is 430 g/mol. The van der Waals surface area contributed by atoms with Gasteiger partial charge < -0.3 is 15.1 Å². The standard InChI is InChI=1S/C26H43N3O2/c1-6-7-8-9-10-24(30)27-22-11-13-23(14-12-22)28-15-17-29(18-16-28)25(31)19-21(2)20-26(3,4)5/h11-14,21H,6-10,15-20H2,1-5H3,(H,27,30). The fraction of sp³-hybridized carbons (Fsp3) is 0.692. The smallest absolute Gasteiger partial charge is 0.224 e. The van der Waals surface area contributed by atoms with Crippen LogP contribution in [0.5, 0.6) is 0 Å². The molecule has 1 unspecified atom stereocenters. The lowest BCUT2D eigenvalue weighted by Crippen LogP contribution is -2.49. The van der Waals surface area contributed by atoms with Gasteiger partial charge in [0.1, 0.15) is 0 Å². The minimum atomic E-state index is 0.0941. The first kappa shape index (κ1) is 25.2. The summed E-state index contributed by atoms with van der Waals surface area (Å²) in [5.74, 6) is 0.796. The fourth-order valence-electron chi connectivity index (χ4n) is 4.45. The Morgan fingerprint density at radius 3 is 2.23 bits per heavy atom. The van der Waals surface area contributed by atoms with Crippen molar-refractivity contribution < 1.29 is 9.59 Å². The number of nitrogens with zero attached hydrogens (tertiary/aromatic N) is 2. The van der Waals surface area contributed by atoms with E-state index in [1.165, 1.54) is 12.8 Å². The van der Waals surface area contributed by atoms with E-state index in [9.17, 15) is 9.59 Å². The Kier molecular flexibility index (Phi) is 9.86. The zero-order valence-corrected chi connectivity index (χ0v) is 20.4. The van der Waals surface area contributed by atoms with Gasteiger partial charge in [0.05, 0.1) is 0 Å². The van der Waals surface area contributed by atoms with Crippen LogP contribution in [-0.2, 0) is 9.59 Å². The van der Waals surface area contributed by atoms with Crippen LogP contribution in [0.4, 0.5) is 11.4 Å². The normalized spacial score (nSPS) is 15.6. The third-order valence-electron chi connectivity index (χ3n) is 5.89. The molecule has 1 fully saturated rings. The van der Waals surface area contributed by atoms with Crippen molar-refractivity contribution in [3.05, 3.63) is 24.3 Å². The number of hydrogen-bond donors (Lipinski definition) is 1. The number of hydrogen-bond acceptors (Lipinski definition) is 3. The Morgan fingerprint density at radius 1 is 1.00 bits per heavy atom.